The van der Waals surface area contributed by atoms with E-state index in [1.54, 1.807) is 6.08 Å². The highest BCUT2D eigenvalue weighted by molar-refractivity contribution is 5.95. The third-order valence-electron chi connectivity index (χ3n) is 4.70. The van der Waals surface area contributed by atoms with E-state index >= 15 is 0 Å². The zero-order valence-electron chi connectivity index (χ0n) is 15.3. The first-order valence-electron chi connectivity index (χ1n) is 9.17. The van der Waals surface area contributed by atoms with Crippen LogP contribution < -0.4 is 0 Å². The fourth-order valence-electron chi connectivity index (χ4n) is 3.16. The Balaban J connectivity index is 1.52. The lowest BCUT2D eigenvalue weighted by molar-refractivity contribution is 0.0793. The van der Waals surface area contributed by atoms with Crippen molar-refractivity contribution in [3.05, 3.63) is 71.1 Å². The molecule has 0 aliphatic carbocycles. The van der Waals surface area contributed by atoms with Crippen LogP contribution in [0.15, 0.2) is 53.1 Å². The summed E-state index contributed by atoms with van der Waals surface area (Å²) in [5.74, 6) is 0.980. The van der Waals surface area contributed by atoms with Gasteiger partial charge in [-0.25, -0.2) is 0 Å². The van der Waals surface area contributed by atoms with Crippen LogP contribution >= 0.6 is 0 Å². The molecule has 1 aliphatic heterocycles. The van der Waals surface area contributed by atoms with E-state index in [0.717, 1.165) is 37.1 Å². The Morgan fingerprint density at radius 3 is 2.63 bits per heavy atom. The second kappa shape index (κ2) is 7.58. The zero-order chi connectivity index (χ0) is 18.6. The summed E-state index contributed by atoms with van der Waals surface area (Å²) >= 11 is 0. The van der Waals surface area contributed by atoms with Gasteiger partial charge < -0.3 is 9.42 Å². The van der Waals surface area contributed by atoms with Gasteiger partial charge in [-0.15, -0.1) is 0 Å². The lowest BCUT2D eigenvalue weighted by atomic mass is 10.1. The maximum absolute atomic E-state index is 12.6. The van der Waals surface area contributed by atoms with Gasteiger partial charge in [0, 0.05) is 30.3 Å². The van der Waals surface area contributed by atoms with Crippen molar-refractivity contribution in [1.29, 1.82) is 0 Å². The van der Waals surface area contributed by atoms with Crippen molar-refractivity contribution in [3.8, 4) is 11.4 Å². The van der Waals surface area contributed by atoms with Crippen LogP contribution in [0, 0.1) is 6.92 Å². The molecule has 5 nitrogen and oxygen atoms in total. The van der Waals surface area contributed by atoms with E-state index in [-0.39, 0.29) is 5.91 Å². The first-order valence-corrected chi connectivity index (χ1v) is 9.17. The van der Waals surface area contributed by atoms with Crippen LogP contribution in [0.1, 0.15) is 40.2 Å². The molecule has 1 amide bonds. The maximum Gasteiger partial charge on any atom is 0.253 e. The summed E-state index contributed by atoms with van der Waals surface area (Å²) in [6.07, 6.45) is 5.88. The van der Waals surface area contributed by atoms with E-state index < -0.39 is 0 Å². The topological polar surface area (TPSA) is 59.2 Å². The van der Waals surface area contributed by atoms with Gasteiger partial charge in [-0.2, -0.15) is 4.98 Å². The van der Waals surface area contributed by atoms with Gasteiger partial charge in [0.05, 0.1) is 0 Å². The quantitative estimate of drug-likeness (QED) is 0.690. The van der Waals surface area contributed by atoms with Crippen LogP contribution in [0.5, 0.6) is 0 Å². The molecule has 0 spiro atoms. The number of rotatable bonds is 4. The van der Waals surface area contributed by atoms with Crippen LogP contribution in [-0.2, 0) is 0 Å². The van der Waals surface area contributed by atoms with E-state index in [1.165, 1.54) is 5.56 Å². The highest BCUT2D eigenvalue weighted by Crippen LogP contribution is 2.20. The van der Waals surface area contributed by atoms with Crippen molar-refractivity contribution in [2.45, 2.75) is 19.8 Å². The molecule has 4 rings (SSSR count). The van der Waals surface area contributed by atoms with Gasteiger partial charge in [0.15, 0.2) is 0 Å². The lowest BCUT2D eigenvalue weighted by Gasteiger charge is -2.15. The van der Waals surface area contributed by atoms with Crippen LogP contribution in [-0.4, -0.2) is 34.0 Å². The molecule has 0 N–H and O–H groups in total. The number of aryl methyl sites for hydroxylation is 1. The monoisotopic (exact) mass is 359 g/mol. The Hall–Kier alpha value is -3.21. The molecule has 2 heterocycles. The van der Waals surface area contributed by atoms with Gasteiger partial charge >= 0.3 is 0 Å². The SMILES string of the molecule is Cc1ccc(/C=C/c2nc(-c3cccc(C(=O)N4CCCC4)c3)no2)cc1. The summed E-state index contributed by atoms with van der Waals surface area (Å²) in [6, 6.07) is 15.6. The average Bonchev–Trinajstić information content (AvgIpc) is 3.39. The fraction of sp³-hybridized carbons (Fsp3) is 0.227. The largest absolute Gasteiger partial charge is 0.339 e. The molecule has 27 heavy (non-hydrogen) atoms. The van der Waals surface area contributed by atoms with E-state index in [0.29, 0.717) is 17.3 Å². The molecule has 136 valence electrons. The molecule has 0 saturated carbocycles. The van der Waals surface area contributed by atoms with Crippen molar-refractivity contribution < 1.29 is 9.32 Å². The third-order valence-corrected chi connectivity index (χ3v) is 4.70. The van der Waals surface area contributed by atoms with Gasteiger partial charge in [-0.05, 0) is 43.5 Å². The van der Waals surface area contributed by atoms with Gasteiger partial charge in [-0.1, -0.05) is 47.1 Å². The van der Waals surface area contributed by atoms with Gasteiger partial charge in [0.1, 0.15) is 0 Å². The predicted molar refractivity (Wildman–Crippen MR) is 105 cm³/mol. The van der Waals surface area contributed by atoms with Crippen LogP contribution in [0.2, 0.25) is 0 Å². The van der Waals surface area contributed by atoms with Crippen molar-refractivity contribution in [1.82, 2.24) is 15.0 Å². The molecule has 2 aromatic carbocycles. The van der Waals surface area contributed by atoms with Crippen LogP contribution in [0.25, 0.3) is 23.5 Å². The minimum atomic E-state index is 0.0670. The second-order valence-electron chi connectivity index (χ2n) is 6.78. The molecule has 0 unspecified atom stereocenters. The van der Waals surface area contributed by atoms with Crippen molar-refractivity contribution in [3.63, 3.8) is 0 Å². The molecular formula is C22H21N3O2. The molecule has 1 aromatic heterocycles. The predicted octanol–water partition coefficient (Wildman–Crippen LogP) is 4.45. The lowest BCUT2D eigenvalue weighted by Crippen LogP contribution is -2.27. The van der Waals surface area contributed by atoms with E-state index in [9.17, 15) is 4.79 Å². The number of aromatic nitrogens is 2. The molecular weight excluding hydrogens is 338 g/mol. The molecule has 0 bridgehead atoms. The smallest absolute Gasteiger partial charge is 0.253 e. The second-order valence-corrected chi connectivity index (χ2v) is 6.78. The Morgan fingerprint density at radius 1 is 1.07 bits per heavy atom. The van der Waals surface area contributed by atoms with Crippen LogP contribution in [0.3, 0.4) is 0 Å². The summed E-state index contributed by atoms with van der Waals surface area (Å²) in [6.45, 7) is 3.72. The number of carbonyl (C=O) groups is 1. The van der Waals surface area contributed by atoms with Crippen molar-refractivity contribution in [2.75, 3.05) is 13.1 Å². The molecule has 1 saturated heterocycles. The molecule has 1 aliphatic rings. The Labute approximate surface area is 158 Å². The van der Waals surface area contributed by atoms with Crippen LogP contribution in [0.4, 0.5) is 0 Å². The minimum Gasteiger partial charge on any atom is -0.339 e. The molecule has 0 atom stereocenters. The number of nitrogens with zero attached hydrogens (tertiary/aromatic N) is 3. The number of likely N-dealkylation sites (tertiary alicyclic amines) is 1. The van der Waals surface area contributed by atoms with E-state index in [1.807, 2.05) is 47.4 Å². The minimum absolute atomic E-state index is 0.0670. The van der Waals surface area contributed by atoms with Gasteiger partial charge in [-0.3, -0.25) is 4.79 Å². The molecule has 5 heteroatoms. The summed E-state index contributed by atoms with van der Waals surface area (Å²) in [7, 11) is 0. The number of amides is 1. The maximum atomic E-state index is 12.6. The number of hydrogen-bond acceptors (Lipinski definition) is 4. The Morgan fingerprint density at radius 2 is 1.85 bits per heavy atom. The number of hydrogen-bond donors (Lipinski definition) is 0. The molecule has 3 aromatic rings. The van der Waals surface area contributed by atoms with E-state index in [2.05, 4.69) is 29.2 Å². The van der Waals surface area contributed by atoms with Gasteiger partial charge in [0.25, 0.3) is 11.8 Å². The highest BCUT2D eigenvalue weighted by atomic mass is 16.5. The molecule has 0 radical (unpaired) electrons. The Kier molecular flexibility index (Phi) is 4.83. The summed E-state index contributed by atoms with van der Waals surface area (Å²) in [4.78, 5) is 18.9. The normalized spacial score (nSPS) is 14.2. The van der Waals surface area contributed by atoms with Gasteiger partial charge in [0.2, 0.25) is 5.82 Å². The average molecular weight is 359 g/mol. The number of carbonyl (C=O) groups excluding carboxylic acids is 1. The van der Waals surface area contributed by atoms with Crippen molar-refractivity contribution in [2.24, 2.45) is 0 Å². The number of benzene rings is 2. The first-order chi connectivity index (χ1) is 13.2. The van der Waals surface area contributed by atoms with E-state index in [4.69, 9.17) is 4.52 Å². The highest BCUT2D eigenvalue weighted by Gasteiger charge is 2.20. The zero-order valence-corrected chi connectivity index (χ0v) is 15.3. The Bertz CT molecular complexity index is 967. The summed E-state index contributed by atoms with van der Waals surface area (Å²) in [5.41, 5.74) is 3.73. The first kappa shape index (κ1) is 17.2. The fourth-order valence-corrected chi connectivity index (χ4v) is 3.16. The third kappa shape index (κ3) is 3.97. The summed E-state index contributed by atoms with van der Waals surface area (Å²) < 4.78 is 5.32. The molecule has 1 fully saturated rings. The standard InChI is InChI=1S/C22H21N3O2/c1-16-7-9-17(10-8-16)11-12-20-23-21(24-27-20)18-5-4-6-19(15-18)22(26)25-13-2-3-14-25/h4-12,15H,2-3,13-14H2,1H3/b12-11+. The summed E-state index contributed by atoms with van der Waals surface area (Å²) in [5, 5.41) is 4.05. The van der Waals surface area contributed by atoms with Crippen molar-refractivity contribution >= 4 is 18.1 Å².